The molecule has 1 aromatic carbocycles. The number of benzene rings is 1. The lowest BCUT2D eigenvalue weighted by Gasteiger charge is -2.23. The minimum Gasteiger partial charge on any atom is -0.493 e. The smallest absolute Gasteiger partial charge is 0.254 e. The number of hydrogen-bond donors (Lipinski definition) is 1. The first kappa shape index (κ1) is 20.4. The Morgan fingerprint density at radius 2 is 2.15 bits per heavy atom. The van der Waals surface area contributed by atoms with Gasteiger partial charge in [0.15, 0.2) is 11.5 Å². The molecule has 0 bridgehead atoms. The number of ether oxygens (including phenoxy) is 2. The summed E-state index contributed by atoms with van der Waals surface area (Å²) in [7, 11) is 2.82. The van der Waals surface area contributed by atoms with E-state index in [0.29, 0.717) is 6.54 Å². The number of nitrogens with zero attached hydrogens (tertiary/aromatic N) is 1. The van der Waals surface area contributed by atoms with Crippen LogP contribution in [0.3, 0.4) is 0 Å². The third kappa shape index (κ3) is 4.44. The van der Waals surface area contributed by atoms with Crippen LogP contribution >= 0.6 is 0 Å². The molecule has 0 saturated carbocycles. The van der Waals surface area contributed by atoms with Gasteiger partial charge in [-0.1, -0.05) is 6.92 Å². The Labute approximate surface area is 153 Å². The number of likely N-dealkylation sites (N-methyl/N-ethyl adjacent to an activating group) is 1. The van der Waals surface area contributed by atoms with Crippen molar-refractivity contribution in [1.82, 2.24) is 10.2 Å². The molecule has 1 aromatic rings. The van der Waals surface area contributed by atoms with E-state index in [1.807, 2.05) is 0 Å². The van der Waals surface area contributed by atoms with Crippen molar-refractivity contribution in [2.24, 2.45) is 0 Å². The number of hydrogen-bond acceptors (Lipinski definition) is 4. The number of rotatable bonds is 9. The predicted octanol–water partition coefficient (Wildman–Crippen LogP) is 2.96. The van der Waals surface area contributed by atoms with Gasteiger partial charge in [-0.2, -0.15) is 0 Å². The Balaban J connectivity index is 2.22. The number of methoxy groups -OCH3 is 2. The minimum atomic E-state index is -0.674. The minimum absolute atomic E-state index is 0.0995. The van der Waals surface area contributed by atoms with Crippen LogP contribution in [0, 0.1) is 5.82 Å². The first-order valence-corrected chi connectivity index (χ1v) is 9.08. The fourth-order valence-electron chi connectivity index (χ4n) is 3.53. The molecule has 1 aliphatic rings. The lowest BCUT2D eigenvalue weighted by Crippen LogP contribution is -2.40. The number of likely N-dealkylation sites (tertiary alicyclic amines) is 1. The Morgan fingerprint density at radius 3 is 2.77 bits per heavy atom. The van der Waals surface area contributed by atoms with Crippen LogP contribution in [0.4, 0.5) is 8.78 Å². The molecule has 1 atom stereocenters. The van der Waals surface area contributed by atoms with Crippen molar-refractivity contribution >= 4 is 5.91 Å². The summed E-state index contributed by atoms with van der Waals surface area (Å²) in [6, 6.07) is 1.62. The highest BCUT2D eigenvalue weighted by Crippen LogP contribution is 2.36. The van der Waals surface area contributed by atoms with Crippen molar-refractivity contribution in [3.8, 4) is 11.5 Å². The van der Waals surface area contributed by atoms with E-state index in [9.17, 15) is 13.6 Å². The van der Waals surface area contributed by atoms with Gasteiger partial charge < -0.3 is 14.8 Å². The van der Waals surface area contributed by atoms with Crippen molar-refractivity contribution in [3.05, 3.63) is 23.0 Å². The Kier molecular flexibility index (Phi) is 7.63. The third-order valence-electron chi connectivity index (χ3n) is 4.91. The van der Waals surface area contributed by atoms with Gasteiger partial charge >= 0.3 is 0 Å². The van der Waals surface area contributed by atoms with Gasteiger partial charge in [-0.3, -0.25) is 14.1 Å². The monoisotopic (exact) mass is 370 g/mol. The maximum Gasteiger partial charge on any atom is 0.254 e. The van der Waals surface area contributed by atoms with E-state index in [0.717, 1.165) is 25.9 Å². The van der Waals surface area contributed by atoms with Gasteiger partial charge in [-0.15, -0.1) is 0 Å². The fourth-order valence-corrected chi connectivity index (χ4v) is 3.53. The molecule has 1 heterocycles. The Hall–Kier alpha value is -1.89. The summed E-state index contributed by atoms with van der Waals surface area (Å²) in [5, 5.41) is 2.83. The lowest BCUT2D eigenvalue weighted by atomic mass is 10.0. The largest absolute Gasteiger partial charge is 0.493 e. The van der Waals surface area contributed by atoms with Crippen molar-refractivity contribution < 1.29 is 23.0 Å². The van der Waals surface area contributed by atoms with Gasteiger partial charge in [0, 0.05) is 18.2 Å². The molecule has 1 amide bonds. The highest BCUT2D eigenvalue weighted by atomic mass is 19.1. The quantitative estimate of drug-likeness (QED) is 0.726. The zero-order chi connectivity index (χ0) is 19.1. The first-order valence-electron chi connectivity index (χ1n) is 9.08. The normalized spacial score (nSPS) is 17.3. The second-order valence-electron chi connectivity index (χ2n) is 6.38. The summed E-state index contributed by atoms with van der Waals surface area (Å²) >= 11 is 0. The fraction of sp³-hybridized carbons (Fsp3) is 0.632. The molecule has 7 heteroatoms. The first-order chi connectivity index (χ1) is 12.6. The number of amides is 1. The van der Waals surface area contributed by atoms with E-state index in [2.05, 4.69) is 17.1 Å². The van der Waals surface area contributed by atoms with Crippen LogP contribution in [-0.2, 0) is 6.42 Å². The lowest BCUT2D eigenvalue weighted by molar-refractivity contribution is 0.0936. The van der Waals surface area contributed by atoms with Crippen LogP contribution in [0.5, 0.6) is 11.5 Å². The molecular weight excluding hydrogens is 342 g/mol. The topological polar surface area (TPSA) is 50.8 Å². The average molecular weight is 370 g/mol. The summed E-state index contributed by atoms with van der Waals surface area (Å²) in [5.41, 5.74) is 0.0725. The zero-order valence-corrected chi connectivity index (χ0v) is 15.7. The summed E-state index contributed by atoms with van der Waals surface area (Å²) in [5.74, 6) is -0.688. The van der Waals surface area contributed by atoms with E-state index in [4.69, 9.17) is 9.47 Å². The summed E-state index contributed by atoms with van der Waals surface area (Å²) in [6.07, 6.45) is 2.40. The van der Waals surface area contributed by atoms with E-state index >= 15 is 0 Å². The van der Waals surface area contributed by atoms with Crippen LogP contribution in [0.15, 0.2) is 6.07 Å². The van der Waals surface area contributed by atoms with Crippen molar-refractivity contribution in [2.45, 2.75) is 38.6 Å². The van der Waals surface area contributed by atoms with Crippen LogP contribution in [0.1, 0.15) is 42.1 Å². The highest BCUT2D eigenvalue weighted by Gasteiger charge is 2.26. The van der Waals surface area contributed by atoms with Gasteiger partial charge in [0.05, 0.1) is 26.5 Å². The molecule has 1 fully saturated rings. The Morgan fingerprint density at radius 1 is 1.38 bits per heavy atom. The molecular formula is C19H28F2N2O3. The molecule has 0 aliphatic carbocycles. The molecule has 1 aliphatic heterocycles. The van der Waals surface area contributed by atoms with Gasteiger partial charge in [0.1, 0.15) is 5.82 Å². The molecule has 0 aromatic heterocycles. The maximum atomic E-state index is 14.9. The molecule has 1 N–H and O–H groups in total. The van der Waals surface area contributed by atoms with Gasteiger partial charge in [-0.05, 0) is 44.8 Å². The van der Waals surface area contributed by atoms with Crippen molar-refractivity contribution in [1.29, 1.82) is 0 Å². The predicted molar refractivity (Wildman–Crippen MR) is 96.4 cm³/mol. The second-order valence-corrected chi connectivity index (χ2v) is 6.38. The van der Waals surface area contributed by atoms with Gasteiger partial charge in [-0.25, -0.2) is 4.39 Å². The second kappa shape index (κ2) is 9.71. The third-order valence-corrected chi connectivity index (χ3v) is 4.91. The standard InChI is InChI=1S/C19H28F2N2O3/c1-4-23-10-6-7-13(23)12-22-19(24)15-11-16(25-2)18(26-3)14(17(15)21)8-5-9-20/h11,13H,4-10,12H2,1-3H3,(H,22,24). The van der Waals surface area contributed by atoms with Gasteiger partial charge in [0.25, 0.3) is 5.91 Å². The molecule has 26 heavy (non-hydrogen) atoms. The molecule has 146 valence electrons. The van der Waals surface area contributed by atoms with Crippen LogP contribution in [-0.4, -0.2) is 57.4 Å². The SMILES string of the molecule is CCN1CCCC1CNC(=O)c1cc(OC)c(OC)c(CCCF)c1F. The van der Waals surface area contributed by atoms with Crippen LogP contribution < -0.4 is 14.8 Å². The number of carbonyl (C=O) groups excluding carboxylic acids is 1. The van der Waals surface area contributed by atoms with E-state index in [1.165, 1.54) is 20.3 Å². The number of alkyl halides is 1. The number of carbonyl (C=O) groups is 1. The van der Waals surface area contributed by atoms with E-state index in [-0.39, 0.29) is 41.5 Å². The molecule has 0 spiro atoms. The summed E-state index contributed by atoms with van der Waals surface area (Å²) in [4.78, 5) is 14.9. The van der Waals surface area contributed by atoms with E-state index in [1.54, 1.807) is 0 Å². The summed E-state index contributed by atoms with van der Waals surface area (Å²) < 4.78 is 38.0. The van der Waals surface area contributed by atoms with Gasteiger partial charge in [0.2, 0.25) is 0 Å². The number of nitrogens with one attached hydrogen (secondary N) is 1. The zero-order valence-electron chi connectivity index (χ0n) is 15.7. The maximum absolute atomic E-state index is 14.9. The summed E-state index contributed by atoms with van der Waals surface area (Å²) in [6.45, 7) is 3.94. The van der Waals surface area contributed by atoms with E-state index < -0.39 is 18.4 Å². The molecule has 1 unspecified atom stereocenters. The molecule has 1 saturated heterocycles. The van der Waals surface area contributed by atoms with Crippen molar-refractivity contribution in [2.75, 3.05) is 40.5 Å². The van der Waals surface area contributed by atoms with Crippen molar-refractivity contribution in [3.63, 3.8) is 0 Å². The molecule has 2 rings (SSSR count). The Bertz CT molecular complexity index is 625. The highest BCUT2D eigenvalue weighted by molar-refractivity contribution is 5.95. The number of halogens is 2. The molecule has 5 nitrogen and oxygen atoms in total. The van der Waals surface area contributed by atoms with Crippen LogP contribution in [0.2, 0.25) is 0 Å². The average Bonchev–Trinajstić information content (AvgIpc) is 3.12. The molecule has 0 radical (unpaired) electrons. The van der Waals surface area contributed by atoms with Crippen LogP contribution in [0.25, 0.3) is 0 Å².